The Hall–Kier alpha value is 0.300. The number of hydrogen-bond donors (Lipinski definition) is 1. The molecule has 2 rings (SSSR count). The van der Waals surface area contributed by atoms with Crippen LogP contribution < -0.4 is 5.32 Å². The van der Waals surface area contributed by atoms with Crippen molar-refractivity contribution in [1.29, 1.82) is 0 Å². The molecule has 0 radical (unpaired) electrons. The van der Waals surface area contributed by atoms with Gasteiger partial charge in [0.15, 0.2) is 0 Å². The summed E-state index contributed by atoms with van der Waals surface area (Å²) in [4.78, 5) is 12.1. The lowest BCUT2D eigenvalue weighted by molar-refractivity contribution is -0.121. The van der Waals surface area contributed by atoms with Gasteiger partial charge in [-0.15, -0.1) is 11.8 Å². The van der Waals surface area contributed by atoms with Gasteiger partial charge < -0.3 is 5.32 Å². The van der Waals surface area contributed by atoms with Crippen LogP contribution in [0.3, 0.4) is 0 Å². The molecule has 2 aliphatic rings. The monoisotopic (exact) mass is 305 g/mol. The van der Waals surface area contributed by atoms with Crippen LogP contribution in [0.25, 0.3) is 0 Å². The van der Waals surface area contributed by atoms with Crippen LogP contribution in [0, 0.1) is 5.92 Å². The molecule has 3 atom stereocenters. The Balaban J connectivity index is 1.81. The van der Waals surface area contributed by atoms with Crippen molar-refractivity contribution in [2.24, 2.45) is 5.92 Å². The highest BCUT2D eigenvalue weighted by atomic mass is 79.9. The molecule has 4 heteroatoms. The maximum atomic E-state index is 12.1. The fourth-order valence-corrected chi connectivity index (χ4v) is 4.62. The molecule has 2 nitrogen and oxygen atoms in total. The standard InChI is InChI=1S/C12H20BrNOS/c13-8-9-4-3-5-10(9)14-12(15)11-6-1-2-7-16-11/h9-11H,1-8H2,(H,14,15). The summed E-state index contributed by atoms with van der Waals surface area (Å²) in [7, 11) is 0. The predicted octanol–water partition coefficient (Wildman–Crippen LogP) is 2.95. The zero-order chi connectivity index (χ0) is 11.4. The fraction of sp³-hybridized carbons (Fsp3) is 0.917. The Morgan fingerprint density at radius 2 is 2.12 bits per heavy atom. The van der Waals surface area contributed by atoms with Crippen molar-refractivity contribution in [3.63, 3.8) is 0 Å². The van der Waals surface area contributed by atoms with Gasteiger partial charge in [-0.05, 0) is 37.4 Å². The highest BCUT2D eigenvalue weighted by Gasteiger charge is 2.30. The Morgan fingerprint density at radius 1 is 1.25 bits per heavy atom. The van der Waals surface area contributed by atoms with Gasteiger partial charge in [0.1, 0.15) is 0 Å². The second-order valence-electron chi connectivity index (χ2n) is 4.82. The minimum atomic E-state index is 0.227. The molecule has 92 valence electrons. The van der Waals surface area contributed by atoms with Crippen LogP contribution in [0.2, 0.25) is 0 Å². The van der Waals surface area contributed by atoms with Gasteiger partial charge in [0.2, 0.25) is 5.91 Å². The third kappa shape index (κ3) is 3.16. The van der Waals surface area contributed by atoms with E-state index in [9.17, 15) is 4.79 Å². The van der Waals surface area contributed by atoms with Crippen LogP contribution in [0.15, 0.2) is 0 Å². The first-order valence-corrected chi connectivity index (χ1v) is 8.46. The summed E-state index contributed by atoms with van der Waals surface area (Å²) in [5.74, 6) is 2.10. The number of amides is 1. The summed E-state index contributed by atoms with van der Waals surface area (Å²) in [6.45, 7) is 0. The molecule has 1 N–H and O–H groups in total. The number of carbonyl (C=O) groups excluding carboxylic acids is 1. The zero-order valence-corrected chi connectivity index (χ0v) is 12.0. The van der Waals surface area contributed by atoms with Gasteiger partial charge in [0.05, 0.1) is 5.25 Å². The number of alkyl halides is 1. The number of halogens is 1. The van der Waals surface area contributed by atoms with E-state index >= 15 is 0 Å². The minimum absolute atomic E-state index is 0.227. The van der Waals surface area contributed by atoms with Crippen LogP contribution in [-0.4, -0.2) is 28.3 Å². The van der Waals surface area contributed by atoms with Crippen molar-refractivity contribution in [1.82, 2.24) is 5.32 Å². The molecule has 1 amide bonds. The normalized spacial score (nSPS) is 34.9. The second kappa shape index (κ2) is 6.29. The lowest BCUT2D eigenvalue weighted by Gasteiger charge is -2.25. The van der Waals surface area contributed by atoms with Gasteiger partial charge in [0, 0.05) is 11.4 Å². The van der Waals surface area contributed by atoms with Gasteiger partial charge >= 0.3 is 0 Å². The first-order chi connectivity index (χ1) is 7.81. The van der Waals surface area contributed by atoms with Crippen LogP contribution in [-0.2, 0) is 4.79 Å². The van der Waals surface area contributed by atoms with E-state index in [4.69, 9.17) is 0 Å². The minimum Gasteiger partial charge on any atom is -0.352 e. The van der Waals surface area contributed by atoms with E-state index in [-0.39, 0.29) is 5.25 Å². The Morgan fingerprint density at radius 3 is 2.81 bits per heavy atom. The van der Waals surface area contributed by atoms with E-state index in [2.05, 4.69) is 21.2 Å². The zero-order valence-electron chi connectivity index (χ0n) is 9.58. The molecule has 1 aliphatic carbocycles. The number of nitrogens with one attached hydrogen (secondary N) is 1. The molecular formula is C12H20BrNOS. The number of thioether (sulfide) groups is 1. The highest BCUT2D eigenvalue weighted by Crippen LogP contribution is 2.29. The third-order valence-electron chi connectivity index (χ3n) is 3.66. The Kier molecular flexibility index (Phi) is 5.01. The summed E-state index contributed by atoms with van der Waals surface area (Å²) in [5, 5.41) is 4.51. The molecule has 16 heavy (non-hydrogen) atoms. The van der Waals surface area contributed by atoms with Gasteiger partial charge in [-0.25, -0.2) is 0 Å². The van der Waals surface area contributed by atoms with Crippen LogP contribution in [0.1, 0.15) is 38.5 Å². The fourth-order valence-electron chi connectivity index (χ4n) is 2.63. The van der Waals surface area contributed by atoms with Crippen molar-refractivity contribution in [2.45, 2.75) is 49.8 Å². The molecule has 0 bridgehead atoms. The number of carbonyl (C=O) groups is 1. The van der Waals surface area contributed by atoms with Crippen molar-refractivity contribution < 1.29 is 4.79 Å². The molecule has 2 fully saturated rings. The average molecular weight is 306 g/mol. The summed E-state index contributed by atoms with van der Waals surface area (Å²) in [6.07, 6.45) is 7.26. The molecule has 0 aromatic rings. The Bertz CT molecular complexity index is 243. The van der Waals surface area contributed by atoms with Gasteiger partial charge in [-0.2, -0.15) is 0 Å². The molecular weight excluding hydrogens is 286 g/mol. The summed E-state index contributed by atoms with van der Waals surface area (Å²) >= 11 is 5.39. The van der Waals surface area contributed by atoms with E-state index < -0.39 is 0 Å². The molecule has 1 saturated heterocycles. The molecule has 1 aliphatic heterocycles. The van der Waals surface area contributed by atoms with Crippen molar-refractivity contribution in [3.05, 3.63) is 0 Å². The van der Waals surface area contributed by atoms with E-state index in [0.717, 1.165) is 17.5 Å². The Labute approximate surface area is 110 Å². The number of rotatable bonds is 3. The van der Waals surface area contributed by atoms with Gasteiger partial charge in [-0.3, -0.25) is 4.79 Å². The van der Waals surface area contributed by atoms with E-state index in [1.54, 1.807) is 0 Å². The van der Waals surface area contributed by atoms with Crippen LogP contribution in [0.4, 0.5) is 0 Å². The van der Waals surface area contributed by atoms with E-state index in [1.165, 1.54) is 32.1 Å². The lowest BCUT2D eigenvalue weighted by atomic mass is 10.1. The molecule has 0 aromatic heterocycles. The highest BCUT2D eigenvalue weighted by molar-refractivity contribution is 9.09. The van der Waals surface area contributed by atoms with Crippen molar-refractivity contribution >= 4 is 33.6 Å². The van der Waals surface area contributed by atoms with E-state index in [1.807, 2.05) is 11.8 Å². The second-order valence-corrected chi connectivity index (χ2v) is 6.77. The SMILES string of the molecule is O=C(NC1CCCC1CBr)C1CCCCS1. The summed E-state index contributed by atoms with van der Waals surface area (Å²) in [6, 6.07) is 0.425. The van der Waals surface area contributed by atoms with Gasteiger partial charge in [0.25, 0.3) is 0 Å². The molecule has 1 saturated carbocycles. The topological polar surface area (TPSA) is 29.1 Å². The quantitative estimate of drug-likeness (QED) is 0.812. The molecule has 0 aromatic carbocycles. The maximum Gasteiger partial charge on any atom is 0.233 e. The summed E-state index contributed by atoms with van der Waals surface area (Å²) in [5.41, 5.74) is 0. The van der Waals surface area contributed by atoms with Gasteiger partial charge in [-0.1, -0.05) is 28.8 Å². The third-order valence-corrected chi connectivity index (χ3v) is 5.87. The predicted molar refractivity (Wildman–Crippen MR) is 73.2 cm³/mol. The van der Waals surface area contributed by atoms with Crippen molar-refractivity contribution in [3.8, 4) is 0 Å². The largest absolute Gasteiger partial charge is 0.352 e. The lowest BCUT2D eigenvalue weighted by Crippen LogP contribution is -2.43. The maximum absolute atomic E-state index is 12.1. The average Bonchev–Trinajstić information content (AvgIpc) is 2.77. The van der Waals surface area contributed by atoms with E-state index in [0.29, 0.717) is 17.9 Å². The van der Waals surface area contributed by atoms with Crippen molar-refractivity contribution in [2.75, 3.05) is 11.1 Å². The summed E-state index contributed by atoms with van der Waals surface area (Å²) < 4.78 is 0. The molecule has 0 spiro atoms. The van der Waals surface area contributed by atoms with Crippen LogP contribution in [0.5, 0.6) is 0 Å². The molecule has 3 unspecified atom stereocenters. The first-order valence-electron chi connectivity index (χ1n) is 6.29. The number of hydrogen-bond acceptors (Lipinski definition) is 2. The molecule has 1 heterocycles. The first kappa shape index (κ1) is 12.7. The smallest absolute Gasteiger partial charge is 0.233 e. The van der Waals surface area contributed by atoms with Crippen LogP contribution >= 0.6 is 27.7 Å².